The van der Waals surface area contributed by atoms with Gasteiger partial charge in [-0.3, -0.25) is 4.79 Å². The summed E-state index contributed by atoms with van der Waals surface area (Å²) >= 11 is 0. The van der Waals surface area contributed by atoms with Crippen LogP contribution in [0, 0.1) is 0 Å². The summed E-state index contributed by atoms with van der Waals surface area (Å²) in [4.78, 5) is 14.1. The highest BCUT2D eigenvalue weighted by Gasteiger charge is 2.20. The van der Waals surface area contributed by atoms with Crippen molar-refractivity contribution in [3.05, 3.63) is 29.8 Å². The van der Waals surface area contributed by atoms with Crippen LogP contribution in [-0.2, 0) is 10.0 Å². The summed E-state index contributed by atoms with van der Waals surface area (Å²) in [5.74, 6) is -0.0232. The molecule has 0 spiro atoms. The number of carbonyl (C=O) groups is 1. The van der Waals surface area contributed by atoms with Gasteiger partial charge in [-0.15, -0.1) is 0 Å². The maximum absolute atomic E-state index is 12.1. The molecule has 1 saturated heterocycles. The molecule has 1 aliphatic heterocycles. The Morgan fingerprint density at radius 1 is 1.21 bits per heavy atom. The van der Waals surface area contributed by atoms with Crippen molar-refractivity contribution < 1.29 is 13.2 Å². The highest BCUT2D eigenvalue weighted by molar-refractivity contribution is 7.89. The lowest BCUT2D eigenvalue weighted by molar-refractivity contribution is 0.0792. The summed E-state index contributed by atoms with van der Waals surface area (Å²) in [6, 6.07) is 6.10. The summed E-state index contributed by atoms with van der Waals surface area (Å²) < 4.78 is 25.9. The van der Waals surface area contributed by atoms with Gasteiger partial charge in [-0.1, -0.05) is 6.92 Å². The van der Waals surface area contributed by atoms with Crippen molar-refractivity contribution in [2.75, 3.05) is 19.6 Å². The molecule has 0 atom stereocenters. The second kappa shape index (κ2) is 5.71. The molecule has 0 saturated carbocycles. The Kier molecular flexibility index (Phi) is 4.21. The van der Waals surface area contributed by atoms with E-state index in [1.807, 2.05) is 0 Å². The summed E-state index contributed by atoms with van der Waals surface area (Å²) in [7, 11) is -3.45. The molecular formula is C13H18N2O3S. The van der Waals surface area contributed by atoms with Crippen LogP contribution >= 0.6 is 0 Å². The summed E-state index contributed by atoms with van der Waals surface area (Å²) in [5, 5.41) is 0. The van der Waals surface area contributed by atoms with Crippen LogP contribution in [-0.4, -0.2) is 38.9 Å². The molecular weight excluding hydrogens is 264 g/mol. The SMILES string of the molecule is CCNS(=O)(=O)c1ccc(C(=O)N2CCCC2)cc1. The van der Waals surface area contributed by atoms with E-state index in [0.717, 1.165) is 25.9 Å². The Morgan fingerprint density at radius 3 is 2.32 bits per heavy atom. The molecule has 1 aliphatic rings. The van der Waals surface area contributed by atoms with Crippen molar-refractivity contribution in [2.45, 2.75) is 24.7 Å². The monoisotopic (exact) mass is 282 g/mol. The third-order valence-electron chi connectivity index (χ3n) is 3.14. The fraction of sp³-hybridized carbons (Fsp3) is 0.462. The first-order valence-electron chi connectivity index (χ1n) is 6.43. The molecule has 19 heavy (non-hydrogen) atoms. The van der Waals surface area contributed by atoms with Gasteiger partial charge in [-0.2, -0.15) is 0 Å². The van der Waals surface area contributed by atoms with Gasteiger partial charge >= 0.3 is 0 Å². The lowest BCUT2D eigenvalue weighted by Gasteiger charge is -2.15. The second-order valence-electron chi connectivity index (χ2n) is 4.53. The molecule has 0 aromatic heterocycles. The molecule has 0 unspecified atom stereocenters. The van der Waals surface area contributed by atoms with Crippen LogP contribution < -0.4 is 4.72 Å². The molecule has 104 valence electrons. The first-order valence-corrected chi connectivity index (χ1v) is 7.92. The number of benzene rings is 1. The van der Waals surface area contributed by atoms with E-state index in [0.29, 0.717) is 12.1 Å². The molecule has 1 aromatic rings. The van der Waals surface area contributed by atoms with Crippen molar-refractivity contribution in [3.63, 3.8) is 0 Å². The zero-order valence-electron chi connectivity index (χ0n) is 10.9. The van der Waals surface area contributed by atoms with E-state index in [9.17, 15) is 13.2 Å². The van der Waals surface area contributed by atoms with E-state index in [1.165, 1.54) is 12.1 Å². The van der Waals surface area contributed by atoms with Crippen LogP contribution in [0.1, 0.15) is 30.1 Å². The van der Waals surface area contributed by atoms with Gasteiger partial charge in [-0.05, 0) is 37.1 Å². The van der Waals surface area contributed by atoms with Crippen molar-refractivity contribution >= 4 is 15.9 Å². The number of hydrogen-bond donors (Lipinski definition) is 1. The van der Waals surface area contributed by atoms with Crippen molar-refractivity contribution in [1.29, 1.82) is 0 Å². The molecule has 6 heteroatoms. The largest absolute Gasteiger partial charge is 0.339 e. The van der Waals surface area contributed by atoms with Gasteiger partial charge in [-0.25, -0.2) is 13.1 Å². The van der Waals surface area contributed by atoms with Crippen molar-refractivity contribution in [2.24, 2.45) is 0 Å². The average Bonchev–Trinajstić information content (AvgIpc) is 2.92. The summed E-state index contributed by atoms with van der Waals surface area (Å²) in [6.45, 7) is 3.64. The number of likely N-dealkylation sites (tertiary alicyclic amines) is 1. The number of nitrogens with zero attached hydrogens (tertiary/aromatic N) is 1. The van der Waals surface area contributed by atoms with E-state index in [1.54, 1.807) is 24.0 Å². The number of nitrogens with one attached hydrogen (secondary N) is 1. The number of carbonyl (C=O) groups excluding carboxylic acids is 1. The topological polar surface area (TPSA) is 66.5 Å². The Labute approximate surface area is 113 Å². The molecule has 1 amide bonds. The molecule has 0 radical (unpaired) electrons. The summed E-state index contributed by atoms with van der Waals surface area (Å²) in [6.07, 6.45) is 2.08. The number of rotatable bonds is 4. The lowest BCUT2D eigenvalue weighted by atomic mass is 10.2. The Morgan fingerprint density at radius 2 is 1.79 bits per heavy atom. The zero-order chi connectivity index (χ0) is 13.9. The van der Waals surface area contributed by atoms with Crippen LogP contribution in [0.2, 0.25) is 0 Å². The number of hydrogen-bond acceptors (Lipinski definition) is 3. The maximum Gasteiger partial charge on any atom is 0.253 e. The third-order valence-corrected chi connectivity index (χ3v) is 4.70. The van der Waals surface area contributed by atoms with E-state index in [4.69, 9.17) is 0 Å². The molecule has 1 fully saturated rings. The number of sulfonamides is 1. The van der Waals surface area contributed by atoms with Gasteiger partial charge in [0.15, 0.2) is 0 Å². The Hall–Kier alpha value is -1.40. The first-order chi connectivity index (χ1) is 9.04. The van der Waals surface area contributed by atoms with Gasteiger partial charge in [0, 0.05) is 25.2 Å². The minimum absolute atomic E-state index is 0.0232. The Bertz CT molecular complexity index is 546. The van der Waals surface area contributed by atoms with Crippen LogP contribution in [0.3, 0.4) is 0 Å². The predicted octanol–water partition coefficient (Wildman–Crippen LogP) is 1.22. The van der Waals surface area contributed by atoms with Crippen molar-refractivity contribution in [1.82, 2.24) is 9.62 Å². The molecule has 1 N–H and O–H groups in total. The molecule has 0 aliphatic carbocycles. The summed E-state index contributed by atoms with van der Waals surface area (Å²) in [5.41, 5.74) is 0.539. The Balaban J connectivity index is 2.16. The average molecular weight is 282 g/mol. The standard InChI is InChI=1S/C13H18N2O3S/c1-2-14-19(17,18)12-7-5-11(6-8-12)13(16)15-9-3-4-10-15/h5-8,14H,2-4,9-10H2,1H3. The van der Waals surface area contributed by atoms with Gasteiger partial charge < -0.3 is 4.90 Å². The van der Waals surface area contributed by atoms with Gasteiger partial charge in [0.05, 0.1) is 4.90 Å². The maximum atomic E-state index is 12.1. The van der Waals surface area contributed by atoms with Gasteiger partial charge in [0.1, 0.15) is 0 Å². The van der Waals surface area contributed by atoms with Crippen LogP contribution in [0.15, 0.2) is 29.2 Å². The van der Waals surface area contributed by atoms with Crippen molar-refractivity contribution in [3.8, 4) is 0 Å². The van der Waals surface area contributed by atoms with Gasteiger partial charge in [0.2, 0.25) is 10.0 Å². The highest BCUT2D eigenvalue weighted by atomic mass is 32.2. The molecule has 2 rings (SSSR count). The first kappa shape index (κ1) is 14.0. The number of amides is 1. The van der Waals surface area contributed by atoms with Crippen LogP contribution in [0.25, 0.3) is 0 Å². The predicted molar refractivity (Wildman–Crippen MR) is 72.4 cm³/mol. The van der Waals surface area contributed by atoms with Crippen LogP contribution in [0.4, 0.5) is 0 Å². The highest BCUT2D eigenvalue weighted by Crippen LogP contribution is 2.15. The molecule has 0 bridgehead atoms. The lowest BCUT2D eigenvalue weighted by Crippen LogP contribution is -2.27. The molecule has 5 nitrogen and oxygen atoms in total. The fourth-order valence-electron chi connectivity index (χ4n) is 2.15. The van der Waals surface area contributed by atoms with E-state index >= 15 is 0 Å². The van der Waals surface area contributed by atoms with Crippen LogP contribution in [0.5, 0.6) is 0 Å². The normalized spacial score (nSPS) is 15.7. The van der Waals surface area contributed by atoms with E-state index < -0.39 is 10.0 Å². The molecule has 1 aromatic carbocycles. The van der Waals surface area contributed by atoms with E-state index in [-0.39, 0.29) is 10.8 Å². The third kappa shape index (κ3) is 3.13. The second-order valence-corrected chi connectivity index (χ2v) is 6.29. The molecule has 1 heterocycles. The van der Waals surface area contributed by atoms with E-state index in [2.05, 4.69) is 4.72 Å². The smallest absolute Gasteiger partial charge is 0.253 e. The minimum atomic E-state index is -3.45. The zero-order valence-corrected chi connectivity index (χ0v) is 11.7. The minimum Gasteiger partial charge on any atom is -0.339 e. The van der Waals surface area contributed by atoms with Gasteiger partial charge in [0.25, 0.3) is 5.91 Å². The quantitative estimate of drug-likeness (QED) is 0.903. The fourth-order valence-corrected chi connectivity index (χ4v) is 3.19.